The number of nitrogens with zero attached hydrogens (tertiary/aromatic N) is 2. The maximum Gasteiger partial charge on any atom is 0.284 e. The molecule has 28 heavy (non-hydrogen) atoms. The molecule has 1 aliphatic heterocycles. The van der Waals surface area contributed by atoms with E-state index in [-0.39, 0.29) is 55.3 Å². The number of hydrogen-bond acceptors (Lipinski definition) is 6. The summed E-state index contributed by atoms with van der Waals surface area (Å²) in [5.74, 6) is -1.33. The third kappa shape index (κ3) is 4.36. The Labute approximate surface area is 168 Å². The van der Waals surface area contributed by atoms with Crippen molar-refractivity contribution >= 4 is 34.2 Å². The van der Waals surface area contributed by atoms with Crippen molar-refractivity contribution < 1.29 is 22.4 Å². The normalized spacial score (nSPS) is 16.2. The van der Waals surface area contributed by atoms with Crippen molar-refractivity contribution in [3.05, 3.63) is 53.8 Å². The average Bonchev–Trinajstić information content (AvgIpc) is 3.19. The van der Waals surface area contributed by atoms with Crippen LogP contribution in [0.5, 0.6) is 0 Å². The summed E-state index contributed by atoms with van der Waals surface area (Å²) >= 11 is 0. The van der Waals surface area contributed by atoms with Gasteiger partial charge in [0.1, 0.15) is 6.04 Å². The van der Waals surface area contributed by atoms with Crippen LogP contribution in [0.1, 0.15) is 22.2 Å². The highest BCUT2D eigenvalue weighted by atomic mass is 35.5. The first-order chi connectivity index (χ1) is 12.8. The van der Waals surface area contributed by atoms with Gasteiger partial charge in [0, 0.05) is 26.2 Å². The molecular weight excluding hydrogens is 408 g/mol. The topological polar surface area (TPSA) is 140 Å². The molecule has 0 radical (unpaired) electrons. The van der Waals surface area contributed by atoms with E-state index in [1.165, 1.54) is 16.4 Å². The number of carbonyl (C=O) groups excluding carboxylic acids is 2. The van der Waals surface area contributed by atoms with E-state index in [4.69, 9.17) is 15.9 Å². The maximum atomic E-state index is 12.6. The van der Waals surface area contributed by atoms with Crippen LogP contribution in [0.4, 0.5) is 0 Å². The Balaban J connectivity index is 0.00000280. The summed E-state index contributed by atoms with van der Waals surface area (Å²) in [4.78, 5) is 25.2. The number of primary amides is 1. The molecule has 1 aromatic heterocycles. The number of amides is 2. The molecule has 3 rings (SSSR count). The van der Waals surface area contributed by atoms with Gasteiger partial charge in [-0.1, -0.05) is 30.3 Å². The monoisotopic (exact) mass is 428 g/mol. The van der Waals surface area contributed by atoms with Gasteiger partial charge >= 0.3 is 0 Å². The lowest BCUT2D eigenvalue weighted by Gasteiger charge is -2.34. The Morgan fingerprint density at radius 1 is 1.00 bits per heavy atom. The summed E-state index contributed by atoms with van der Waals surface area (Å²) in [6.45, 7) is 0.619. The molecule has 1 saturated heterocycles. The lowest BCUT2D eigenvalue weighted by atomic mass is 10.1. The van der Waals surface area contributed by atoms with Gasteiger partial charge in [-0.3, -0.25) is 9.59 Å². The predicted octanol–water partition coefficient (Wildman–Crippen LogP) is 0.333. The zero-order valence-corrected chi connectivity index (χ0v) is 16.5. The first kappa shape index (κ1) is 21.9. The SMILES string of the molecule is Cl.NC(=O)c1ccc(S(=O)(=O)N2CCN(C(=O)C(N)c3ccccc3)CC2)o1. The van der Waals surface area contributed by atoms with E-state index in [2.05, 4.69) is 0 Å². The molecule has 1 aromatic carbocycles. The van der Waals surface area contributed by atoms with Gasteiger partial charge in [0.2, 0.25) is 11.0 Å². The highest BCUT2D eigenvalue weighted by Crippen LogP contribution is 2.21. The molecular formula is C17H21ClN4O5S. The van der Waals surface area contributed by atoms with Crippen LogP contribution in [0, 0.1) is 0 Å². The Bertz CT molecular complexity index is 939. The highest BCUT2D eigenvalue weighted by molar-refractivity contribution is 7.89. The first-order valence-corrected chi connectivity index (χ1v) is 9.74. The number of sulfonamides is 1. The van der Waals surface area contributed by atoms with E-state index in [1.807, 2.05) is 6.07 Å². The van der Waals surface area contributed by atoms with Gasteiger partial charge < -0.3 is 20.8 Å². The summed E-state index contributed by atoms with van der Waals surface area (Å²) in [5.41, 5.74) is 11.8. The van der Waals surface area contributed by atoms with Gasteiger partial charge in [-0.25, -0.2) is 8.42 Å². The van der Waals surface area contributed by atoms with Crippen molar-refractivity contribution in [1.82, 2.24) is 9.21 Å². The molecule has 0 bridgehead atoms. The number of benzene rings is 1. The molecule has 4 N–H and O–H groups in total. The number of rotatable bonds is 5. The summed E-state index contributed by atoms with van der Waals surface area (Å²) in [6.07, 6.45) is 0. The minimum atomic E-state index is -3.91. The zero-order chi connectivity index (χ0) is 19.6. The largest absolute Gasteiger partial charge is 0.438 e. The smallest absolute Gasteiger partial charge is 0.284 e. The zero-order valence-electron chi connectivity index (χ0n) is 14.9. The Morgan fingerprint density at radius 2 is 1.61 bits per heavy atom. The second kappa shape index (κ2) is 8.74. The summed E-state index contributed by atoms with van der Waals surface area (Å²) < 4.78 is 31.4. The number of nitrogens with two attached hydrogens (primary N) is 2. The van der Waals surface area contributed by atoms with Crippen molar-refractivity contribution in [3.8, 4) is 0 Å². The molecule has 152 valence electrons. The quantitative estimate of drug-likeness (QED) is 0.703. The molecule has 0 aliphatic carbocycles. The molecule has 11 heteroatoms. The second-order valence-corrected chi connectivity index (χ2v) is 7.97. The van der Waals surface area contributed by atoms with Crippen LogP contribution >= 0.6 is 12.4 Å². The van der Waals surface area contributed by atoms with Crippen molar-refractivity contribution in [3.63, 3.8) is 0 Å². The molecule has 1 aliphatic rings. The van der Waals surface area contributed by atoms with Crippen molar-refractivity contribution in [2.24, 2.45) is 11.5 Å². The number of hydrogen-bond donors (Lipinski definition) is 2. The summed E-state index contributed by atoms with van der Waals surface area (Å²) in [6, 6.07) is 10.6. The minimum Gasteiger partial charge on any atom is -0.438 e. The van der Waals surface area contributed by atoms with Crippen molar-refractivity contribution in [1.29, 1.82) is 0 Å². The Hall–Kier alpha value is -2.40. The lowest BCUT2D eigenvalue weighted by molar-refractivity contribution is -0.133. The molecule has 1 fully saturated rings. The van der Waals surface area contributed by atoms with Crippen LogP contribution < -0.4 is 11.5 Å². The highest BCUT2D eigenvalue weighted by Gasteiger charge is 2.33. The minimum absolute atomic E-state index is 0. The van der Waals surface area contributed by atoms with Crippen LogP contribution in [0.2, 0.25) is 0 Å². The van der Waals surface area contributed by atoms with E-state index in [0.29, 0.717) is 5.56 Å². The van der Waals surface area contributed by atoms with E-state index in [0.717, 1.165) is 0 Å². The molecule has 9 nitrogen and oxygen atoms in total. The van der Waals surface area contributed by atoms with E-state index >= 15 is 0 Å². The van der Waals surface area contributed by atoms with Gasteiger partial charge in [0.05, 0.1) is 0 Å². The van der Waals surface area contributed by atoms with Gasteiger partial charge in [0.15, 0.2) is 5.76 Å². The third-order valence-corrected chi connectivity index (χ3v) is 6.17. The number of piperazine rings is 1. The Morgan fingerprint density at radius 3 is 2.14 bits per heavy atom. The van der Waals surface area contributed by atoms with Crippen LogP contribution in [0.15, 0.2) is 52.0 Å². The fourth-order valence-corrected chi connectivity index (χ4v) is 4.20. The third-order valence-electron chi connectivity index (χ3n) is 4.39. The lowest BCUT2D eigenvalue weighted by Crippen LogP contribution is -2.52. The Kier molecular flexibility index (Phi) is 6.83. The van der Waals surface area contributed by atoms with Gasteiger partial charge in [0.25, 0.3) is 15.9 Å². The standard InChI is InChI=1S/C17H20N4O5S.ClH/c18-15(12-4-2-1-3-5-12)17(23)20-8-10-21(11-9-20)27(24,25)14-7-6-13(26-14)16(19)22;/h1-7,15H,8-11,18H2,(H2,19,22);1H. The van der Waals surface area contributed by atoms with Crippen molar-refractivity contribution in [2.75, 3.05) is 26.2 Å². The van der Waals surface area contributed by atoms with Crippen LogP contribution in [-0.4, -0.2) is 55.6 Å². The molecule has 2 amide bonds. The van der Waals surface area contributed by atoms with Crippen LogP contribution in [0.3, 0.4) is 0 Å². The van der Waals surface area contributed by atoms with E-state index < -0.39 is 22.0 Å². The second-order valence-electron chi connectivity index (χ2n) is 6.10. The molecule has 1 atom stereocenters. The maximum absolute atomic E-state index is 12.6. The first-order valence-electron chi connectivity index (χ1n) is 8.30. The molecule has 2 heterocycles. The molecule has 0 saturated carbocycles. The average molecular weight is 429 g/mol. The summed E-state index contributed by atoms with van der Waals surface area (Å²) in [7, 11) is -3.91. The molecule has 1 unspecified atom stereocenters. The van der Waals surface area contributed by atoms with Crippen LogP contribution in [-0.2, 0) is 14.8 Å². The number of halogens is 1. The van der Waals surface area contributed by atoms with E-state index in [1.54, 1.807) is 29.2 Å². The van der Waals surface area contributed by atoms with Gasteiger partial charge in [-0.2, -0.15) is 4.31 Å². The molecule has 0 spiro atoms. The van der Waals surface area contributed by atoms with Crippen molar-refractivity contribution in [2.45, 2.75) is 11.1 Å². The number of carbonyl (C=O) groups is 2. The molecule has 2 aromatic rings. The summed E-state index contributed by atoms with van der Waals surface area (Å²) in [5, 5.41) is -0.350. The predicted molar refractivity (Wildman–Crippen MR) is 103 cm³/mol. The van der Waals surface area contributed by atoms with Crippen LogP contribution in [0.25, 0.3) is 0 Å². The fourth-order valence-electron chi connectivity index (χ4n) is 2.87. The number of furan rings is 1. The fraction of sp³-hybridized carbons (Fsp3) is 0.294. The van der Waals surface area contributed by atoms with E-state index in [9.17, 15) is 18.0 Å². The van der Waals surface area contributed by atoms with Gasteiger partial charge in [-0.05, 0) is 17.7 Å². The van der Waals surface area contributed by atoms with Gasteiger partial charge in [-0.15, -0.1) is 12.4 Å².